The van der Waals surface area contributed by atoms with Crippen LogP contribution >= 0.6 is 11.6 Å². The number of fused-ring (bicyclic) bond motifs is 1. The van der Waals surface area contributed by atoms with Gasteiger partial charge in [-0.3, -0.25) is 4.79 Å². The maximum absolute atomic E-state index is 12.0. The normalized spacial score (nSPS) is 10.8. The highest BCUT2D eigenvalue weighted by Crippen LogP contribution is 2.18. The third kappa shape index (κ3) is 1.68. The molecule has 0 N–H and O–H groups in total. The summed E-state index contributed by atoms with van der Waals surface area (Å²) in [5.41, 5.74) is 0.201. The number of rotatable bonds is 1. The number of halogens is 1. The highest BCUT2D eigenvalue weighted by molar-refractivity contribution is 6.31. The van der Waals surface area contributed by atoms with E-state index in [0.29, 0.717) is 14.2 Å². The largest absolute Gasteiger partial charge is 0.805 e. The molecule has 0 aliphatic rings. The van der Waals surface area contributed by atoms with Crippen molar-refractivity contribution in [3.05, 3.63) is 44.7 Å². The van der Waals surface area contributed by atoms with Crippen LogP contribution in [0.15, 0.2) is 18.2 Å². The Morgan fingerprint density at radius 1 is 1.47 bits per heavy atom. The Labute approximate surface area is 101 Å². The van der Waals surface area contributed by atoms with Crippen LogP contribution < -0.4 is 4.43 Å². The summed E-state index contributed by atoms with van der Waals surface area (Å²) in [6, 6.07) is 4.32. The third-order valence-corrected chi connectivity index (χ3v) is 2.79. The van der Waals surface area contributed by atoms with Crippen LogP contribution in [-0.2, 0) is 0 Å². The summed E-state index contributed by atoms with van der Waals surface area (Å²) >= 11 is 5.77. The first kappa shape index (κ1) is 11.6. The van der Waals surface area contributed by atoms with Gasteiger partial charge in [-0.25, -0.2) is 0 Å². The highest BCUT2D eigenvalue weighted by Gasteiger charge is 2.23. The van der Waals surface area contributed by atoms with Crippen LogP contribution in [0.2, 0.25) is 5.02 Å². The zero-order valence-electron chi connectivity index (χ0n) is 9.23. The molecule has 0 radical (unpaired) electrons. The Bertz CT molecular complexity index is 691. The summed E-state index contributed by atoms with van der Waals surface area (Å²) in [6.45, 7) is 2.68. The number of hydrogen-bond acceptors (Lipinski definition) is 3. The smallest absolute Gasteiger partial charge is 0.324 e. The minimum atomic E-state index is -0.445. The van der Waals surface area contributed by atoms with E-state index in [1.54, 1.807) is 0 Å². The van der Waals surface area contributed by atoms with Gasteiger partial charge < -0.3 is 9.94 Å². The number of aromatic nitrogens is 2. The molecular weight excluding hydrogens is 244 g/mol. The molecule has 88 valence electrons. The summed E-state index contributed by atoms with van der Waals surface area (Å²) in [7, 11) is 0. The molecular formula is C11H9ClN2O3. The molecule has 0 saturated carbocycles. The number of carbonyl (C=O) groups excluding carboxylic acids is 1. The molecule has 1 aromatic carbocycles. The van der Waals surface area contributed by atoms with Gasteiger partial charge in [0.2, 0.25) is 5.78 Å². The van der Waals surface area contributed by atoms with E-state index in [4.69, 9.17) is 11.6 Å². The SMILES string of the molecule is CC(=O)c1c(C)n([O-])c2cc(Cl)ccc2[n+]1=O. The lowest BCUT2D eigenvalue weighted by Gasteiger charge is -2.15. The average Bonchev–Trinajstić information content (AvgIpc) is 2.25. The maximum atomic E-state index is 12.0. The second kappa shape index (κ2) is 3.85. The van der Waals surface area contributed by atoms with E-state index in [1.807, 2.05) is 0 Å². The van der Waals surface area contributed by atoms with E-state index >= 15 is 0 Å². The first-order chi connectivity index (χ1) is 7.93. The van der Waals surface area contributed by atoms with Crippen LogP contribution in [0.1, 0.15) is 23.1 Å². The number of Topliss-reactive ketones (excluding diaryl/α,β-unsaturated/α-hetero) is 1. The van der Waals surface area contributed by atoms with Crippen molar-refractivity contribution in [2.45, 2.75) is 13.8 Å². The molecule has 0 atom stereocenters. The summed E-state index contributed by atoms with van der Waals surface area (Å²) in [6.07, 6.45) is 0. The summed E-state index contributed by atoms with van der Waals surface area (Å²) in [5, 5.41) is 12.3. The van der Waals surface area contributed by atoms with E-state index in [-0.39, 0.29) is 22.4 Å². The topological polar surface area (TPSA) is 68.0 Å². The second-order valence-electron chi connectivity index (χ2n) is 3.71. The minimum Gasteiger partial charge on any atom is -0.805 e. The number of carbonyl (C=O) groups is 1. The molecule has 17 heavy (non-hydrogen) atoms. The lowest BCUT2D eigenvalue weighted by molar-refractivity contribution is -0.468. The molecule has 0 unspecified atom stereocenters. The van der Waals surface area contributed by atoms with Gasteiger partial charge in [0.1, 0.15) is 5.52 Å². The van der Waals surface area contributed by atoms with Crippen LogP contribution in [0.25, 0.3) is 11.0 Å². The molecule has 5 nitrogen and oxygen atoms in total. The van der Waals surface area contributed by atoms with E-state index in [9.17, 15) is 14.9 Å². The fourth-order valence-electron chi connectivity index (χ4n) is 1.77. The van der Waals surface area contributed by atoms with Crippen molar-refractivity contribution in [3.8, 4) is 0 Å². The van der Waals surface area contributed by atoms with Gasteiger partial charge in [0, 0.05) is 22.9 Å². The lowest BCUT2D eigenvalue weighted by atomic mass is 10.2. The average molecular weight is 253 g/mol. The van der Waals surface area contributed by atoms with Gasteiger partial charge in [0.15, 0.2) is 0 Å². The predicted molar refractivity (Wildman–Crippen MR) is 63.8 cm³/mol. The maximum Gasteiger partial charge on any atom is 0.324 e. The second-order valence-corrected chi connectivity index (χ2v) is 4.15. The number of hydrogen-bond donors (Lipinski definition) is 0. The Morgan fingerprint density at radius 3 is 2.71 bits per heavy atom. The van der Waals surface area contributed by atoms with Gasteiger partial charge in [-0.1, -0.05) is 11.6 Å². The molecule has 0 amide bonds. The van der Waals surface area contributed by atoms with Crippen LogP contribution in [0.3, 0.4) is 0 Å². The molecule has 0 spiro atoms. The summed E-state index contributed by atoms with van der Waals surface area (Å²) in [4.78, 5) is 23.3. The van der Waals surface area contributed by atoms with Gasteiger partial charge in [0.05, 0.1) is 10.1 Å². The zero-order chi connectivity index (χ0) is 12.7. The predicted octanol–water partition coefficient (Wildman–Crippen LogP) is 2.07. The first-order valence-corrected chi connectivity index (χ1v) is 5.27. The van der Waals surface area contributed by atoms with E-state index in [0.717, 1.165) is 0 Å². The van der Waals surface area contributed by atoms with Gasteiger partial charge in [-0.2, -0.15) is 0 Å². The Balaban J connectivity index is 3.05. The standard InChI is InChI=1S/C11H9ClN2O3/c1-6-11(7(2)15)14(17)9-4-3-8(12)5-10(9)13(6)16/h3-5H,1-2H3. The van der Waals surface area contributed by atoms with Crippen molar-refractivity contribution >= 4 is 28.4 Å². The monoisotopic (exact) mass is 252 g/mol. The molecule has 2 aromatic rings. The van der Waals surface area contributed by atoms with E-state index < -0.39 is 5.78 Å². The summed E-state index contributed by atoms with van der Waals surface area (Å²) in [5.74, 6) is -0.445. The molecule has 2 rings (SSSR count). The van der Waals surface area contributed by atoms with Crippen LogP contribution in [0.5, 0.6) is 0 Å². The number of nitrogens with zero attached hydrogens (tertiary/aromatic N) is 2. The zero-order valence-corrected chi connectivity index (χ0v) is 9.99. The Kier molecular flexibility index (Phi) is 2.63. The van der Waals surface area contributed by atoms with Gasteiger partial charge in [-0.15, -0.1) is 0 Å². The fourth-order valence-corrected chi connectivity index (χ4v) is 1.94. The van der Waals surface area contributed by atoms with Gasteiger partial charge in [-0.05, 0) is 19.1 Å². The first-order valence-electron chi connectivity index (χ1n) is 4.89. The van der Waals surface area contributed by atoms with Crippen LogP contribution in [0.4, 0.5) is 0 Å². The van der Waals surface area contributed by atoms with E-state index in [1.165, 1.54) is 32.0 Å². The van der Waals surface area contributed by atoms with Crippen LogP contribution in [0, 0.1) is 17.0 Å². The molecule has 0 aliphatic heterocycles. The van der Waals surface area contributed by atoms with Gasteiger partial charge in [0.25, 0.3) is 5.52 Å². The van der Waals surface area contributed by atoms with Gasteiger partial charge >= 0.3 is 5.69 Å². The highest BCUT2D eigenvalue weighted by atomic mass is 35.5. The lowest BCUT2D eigenvalue weighted by Crippen LogP contribution is -2.29. The summed E-state index contributed by atoms with van der Waals surface area (Å²) < 4.78 is 1.02. The van der Waals surface area contributed by atoms with Crippen molar-refractivity contribution in [2.24, 2.45) is 0 Å². The van der Waals surface area contributed by atoms with Crippen LogP contribution in [-0.4, -0.2) is 10.5 Å². The molecule has 0 saturated heterocycles. The van der Waals surface area contributed by atoms with Crippen molar-refractivity contribution in [1.82, 2.24) is 4.73 Å². The third-order valence-electron chi connectivity index (χ3n) is 2.56. The molecule has 0 bridgehead atoms. The van der Waals surface area contributed by atoms with E-state index in [2.05, 4.69) is 0 Å². The van der Waals surface area contributed by atoms with Crippen molar-refractivity contribution in [2.75, 3.05) is 0 Å². The Hall–Kier alpha value is -1.88. The molecule has 1 heterocycles. The molecule has 0 aliphatic carbocycles. The number of ketones is 1. The quantitative estimate of drug-likeness (QED) is 0.576. The molecule has 0 fully saturated rings. The Morgan fingerprint density at radius 2 is 2.12 bits per heavy atom. The fraction of sp³-hybridized carbons (Fsp3) is 0.182. The molecule has 6 heteroatoms. The van der Waals surface area contributed by atoms with Crippen molar-refractivity contribution in [1.29, 1.82) is 0 Å². The van der Waals surface area contributed by atoms with Crippen molar-refractivity contribution in [3.63, 3.8) is 0 Å². The minimum absolute atomic E-state index is 0.0715. The number of benzene rings is 1. The molecule has 1 aromatic heterocycles. The van der Waals surface area contributed by atoms with Crippen molar-refractivity contribution < 1.29 is 9.22 Å².